The Hall–Kier alpha value is -1.64. The van der Waals surface area contributed by atoms with Crippen molar-refractivity contribution in [2.45, 2.75) is 52.1 Å². The van der Waals surface area contributed by atoms with Gasteiger partial charge in [-0.15, -0.1) is 0 Å². The highest BCUT2D eigenvalue weighted by atomic mass is 19.1. The van der Waals surface area contributed by atoms with Crippen LogP contribution in [0.25, 0.3) is 0 Å². The fraction of sp³-hybridized carbons (Fsp3) is 0.550. The summed E-state index contributed by atoms with van der Waals surface area (Å²) >= 11 is 0. The third kappa shape index (κ3) is 2.02. The van der Waals surface area contributed by atoms with Gasteiger partial charge in [0.15, 0.2) is 0 Å². The first kappa shape index (κ1) is 14.9. The van der Waals surface area contributed by atoms with Crippen LogP contribution in [0.15, 0.2) is 35.9 Å². The molecule has 3 heteroatoms. The molecule has 1 saturated carbocycles. The summed E-state index contributed by atoms with van der Waals surface area (Å²) in [6.07, 6.45) is 5.54. The molecule has 0 aromatic heterocycles. The number of allylic oxidation sites excluding steroid dienone is 1. The molecule has 1 saturated heterocycles. The predicted octanol–water partition coefficient (Wildman–Crippen LogP) is 4.61. The van der Waals surface area contributed by atoms with E-state index in [2.05, 4.69) is 26.8 Å². The summed E-state index contributed by atoms with van der Waals surface area (Å²) in [7, 11) is 0. The predicted molar refractivity (Wildman–Crippen MR) is 86.3 cm³/mol. The van der Waals surface area contributed by atoms with Gasteiger partial charge in [-0.25, -0.2) is 4.39 Å². The first-order valence-corrected chi connectivity index (χ1v) is 8.52. The first-order chi connectivity index (χ1) is 10.8. The zero-order valence-corrected chi connectivity index (χ0v) is 13.9. The molecule has 1 heterocycles. The van der Waals surface area contributed by atoms with Crippen molar-refractivity contribution >= 4 is 5.97 Å². The minimum Gasteiger partial charge on any atom is -0.457 e. The van der Waals surface area contributed by atoms with Crippen LogP contribution in [0.5, 0.6) is 0 Å². The maximum Gasteiger partial charge on any atom is 0.314 e. The number of carbonyl (C=O) groups is 1. The number of ether oxygens (including phenoxy) is 1. The first-order valence-electron chi connectivity index (χ1n) is 8.52. The van der Waals surface area contributed by atoms with Crippen molar-refractivity contribution < 1.29 is 13.9 Å². The molecule has 0 unspecified atom stereocenters. The molecule has 2 aliphatic carbocycles. The highest BCUT2D eigenvalue weighted by Crippen LogP contribution is 2.64. The molecule has 3 aliphatic rings. The Labute approximate surface area is 136 Å². The Morgan fingerprint density at radius 1 is 1.13 bits per heavy atom. The molecule has 2 nitrogen and oxygen atoms in total. The topological polar surface area (TPSA) is 26.3 Å². The van der Waals surface area contributed by atoms with Crippen molar-refractivity contribution in [3.05, 3.63) is 47.3 Å². The SMILES string of the molecule is CC1(C)CCC[C@@]2(C)C1=C[C@H]1OC(=O)[C@H](c3ccc(F)cc3)[C@H]12. The summed E-state index contributed by atoms with van der Waals surface area (Å²) in [5.74, 6) is -0.582. The quantitative estimate of drug-likeness (QED) is 0.559. The number of hydrogen-bond donors (Lipinski definition) is 0. The summed E-state index contributed by atoms with van der Waals surface area (Å²) in [5.41, 5.74) is 2.49. The standard InChI is InChI=1S/C20H23FO2/c1-19(2)9-4-10-20(3)15(19)11-14-17(20)16(18(22)23-14)12-5-7-13(21)8-6-12/h5-8,11,14,16-17H,4,9-10H2,1-3H3/t14-,16-,17+,20+/m1/s1. The van der Waals surface area contributed by atoms with Gasteiger partial charge in [0.25, 0.3) is 0 Å². The lowest BCUT2D eigenvalue weighted by Crippen LogP contribution is -2.39. The molecule has 1 aliphatic heterocycles. The second-order valence-corrected chi connectivity index (χ2v) is 8.19. The largest absolute Gasteiger partial charge is 0.457 e. The van der Waals surface area contributed by atoms with Gasteiger partial charge in [0.2, 0.25) is 0 Å². The van der Waals surface area contributed by atoms with Crippen molar-refractivity contribution in [3.8, 4) is 0 Å². The number of halogens is 1. The highest BCUT2D eigenvalue weighted by molar-refractivity contribution is 5.82. The smallest absolute Gasteiger partial charge is 0.314 e. The molecule has 4 rings (SSSR count). The zero-order chi connectivity index (χ0) is 16.4. The molecule has 2 fully saturated rings. The second-order valence-electron chi connectivity index (χ2n) is 8.19. The molecule has 0 radical (unpaired) electrons. The van der Waals surface area contributed by atoms with E-state index in [1.807, 2.05) is 0 Å². The molecule has 4 atom stereocenters. The van der Waals surface area contributed by atoms with Crippen LogP contribution in [-0.2, 0) is 9.53 Å². The van der Waals surface area contributed by atoms with Crippen molar-refractivity contribution in [3.63, 3.8) is 0 Å². The van der Waals surface area contributed by atoms with Crippen LogP contribution in [0.4, 0.5) is 4.39 Å². The van der Waals surface area contributed by atoms with Gasteiger partial charge >= 0.3 is 5.97 Å². The van der Waals surface area contributed by atoms with Gasteiger partial charge in [0.05, 0.1) is 5.92 Å². The number of esters is 1. The van der Waals surface area contributed by atoms with Gasteiger partial charge < -0.3 is 4.74 Å². The minimum atomic E-state index is -0.284. The van der Waals surface area contributed by atoms with E-state index >= 15 is 0 Å². The number of fused-ring (bicyclic) bond motifs is 3. The fourth-order valence-electron chi connectivity index (χ4n) is 5.37. The van der Waals surface area contributed by atoms with Crippen molar-refractivity contribution in [2.24, 2.45) is 16.7 Å². The highest BCUT2D eigenvalue weighted by Gasteiger charge is 2.61. The zero-order valence-electron chi connectivity index (χ0n) is 13.9. The Bertz CT molecular complexity index is 688. The maximum atomic E-state index is 13.3. The minimum absolute atomic E-state index is 0.00235. The van der Waals surface area contributed by atoms with Gasteiger partial charge in [0.1, 0.15) is 11.9 Å². The molecule has 0 spiro atoms. The number of rotatable bonds is 1. The Kier molecular flexibility index (Phi) is 3.04. The van der Waals surface area contributed by atoms with E-state index in [-0.39, 0.29) is 40.6 Å². The van der Waals surface area contributed by atoms with Crippen molar-refractivity contribution in [1.82, 2.24) is 0 Å². The summed E-state index contributed by atoms with van der Waals surface area (Å²) in [6, 6.07) is 6.34. The normalized spacial score (nSPS) is 37.8. The van der Waals surface area contributed by atoms with Crippen LogP contribution in [0.2, 0.25) is 0 Å². The third-order valence-corrected chi connectivity index (χ3v) is 6.36. The van der Waals surface area contributed by atoms with E-state index in [4.69, 9.17) is 4.74 Å². The lowest BCUT2D eigenvalue weighted by Gasteiger charge is -2.46. The van der Waals surface area contributed by atoms with Crippen LogP contribution < -0.4 is 0 Å². The lowest BCUT2D eigenvalue weighted by atomic mass is 9.56. The van der Waals surface area contributed by atoms with Gasteiger partial charge in [0, 0.05) is 5.92 Å². The second kappa shape index (κ2) is 4.68. The third-order valence-electron chi connectivity index (χ3n) is 6.36. The average Bonchev–Trinajstić information content (AvgIpc) is 2.95. The molecule has 1 aromatic rings. The van der Waals surface area contributed by atoms with Gasteiger partial charge in [-0.05, 0) is 47.4 Å². The van der Waals surface area contributed by atoms with Gasteiger partial charge in [-0.3, -0.25) is 4.79 Å². The van der Waals surface area contributed by atoms with E-state index in [1.54, 1.807) is 12.1 Å². The lowest BCUT2D eigenvalue weighted by molar-refractivity contribution is -0.141. The van der Waals surface area contributed by atoms with E-state index in [9.17, 15) is 9.18 Å². The summed E-state index contributed by atoms with van der Waals surface area (Å²) < 4.78 is 19.0. The molecule has 0 amide bonds. The molecule has 0 bridgehead atoms. The summed E-state index contributed by atoms with van der Waals surface area (Å²) in [6.45, 7) is 6.89. The molecule has 122 valence electrons. The van der Waals surface area contributed by atoms with Crippen LogP contribution in [-0.4, -0.2) is 12.1 Å². The molecule has 1 aromatic carbocycles. The monoisotopic (exact) mass is 314 g/mol. The van der Waals surface area contributed by atoms with E-state index in [1.165, 1.54) is 30.5 Å². The van der Waals surface area contributed by atoms with E-state index in [0.29, 0.717) is 0 Å². The average molecular weight is 314 g/mol. The van der Waals surface area contributed by atoms with Gasteiger partial charge in [-0.1, -0.05) is 44.9 Å². The summed E-state index contributed by atoms with van der Waals surface area (Å²) in [5, 5.41) is 0. The Morgan fingerprint density at radius 3 is 2.52 bits per heavy atom. The van der Waals surface area contributed by atoms with Crippen molar-refractivity contribution in [2.75, 3.05) is 0 Å². The van der Waals surface area contributed by atoms with Crippen LogP contribution >= 0.6 is 0 Å². The molecular formula is C20H23FO2. The van der Waals surface area contributed by atoms with Crippen LogP contribution in [0.1, 0.15) is 51.5 Å². The number of benzene rings is 1. The van der Waals surface area contributed by atoms with Crippen LogP contribution in [0, 0.1) is 22.6 Å². The molecule has 23 heavy (non-hydrogen) atoms. The summed E-state index contributed by atoms with van der Waals surface area (Å²) in [4.78, 5) is 12.5. The van der Waals surface area contributed by atoms with E-state index in [0.717, 1.165) is 12.0 Å². The Balaban J connectivity index is 1.78. The number of carbonyl (C=O) groups excluding carboxylic acids is 1. The molecule has 0 N–H and O–H groups in total. The number of hydrogen-bond acceptors (Lipinski definition) is 2. The fourth-order valence-corrected chi connectivity index (χ4v) is 5.37. The Morgan fingerprint density at radius 2 is 1.83 bits per heavy atom. The maximum absolute atomic E-state index is 13.3. The molecular weight excluding hydrogens is 291 g/mol. The van der Waals surface area contributed by atoms with E-state index < -0.39 is 0 Å². The van der Waals surface area contributed by atoms with Crippen LogP contribution in [0.3, 0.4) is 0 Å². The van der Waals surface area contributed by atoms with Gasteiger partial charge in [-0.2, -0.15) is 0 Å². The van der Waals surface area contributed by atoms with Crippen molar-refractivity contribution in [1.29, 1.82) is 0 Å².